The van der Waals surface area contributed by atoms with Crippen molar-refractivity contribution in [2.24, 2.45) is 0 Å². The van der Waals surface area contributed by atoms with Crippen molar-refractivity contribution >= 4 is 0 Å². The third-order valence-corrected chi connectivity index (χ3v) is 2.93. The number of hydrogen-bond donors (Lipinski definition) is 1. The van der Waals surface area contributed by atoms with Crippen LogP contribution >= 0.6 is 0 Å². The minimum absolute atomic E-state index is 0. The molecule has 1 N–H and O–H groups in total. The van der Waals surface area contributed by atoms with Crippen LogP contribution in [0.25, 0.3) is 5.32 Å². The average molecular weight is 204 g/mol. The summed E-state index contributed by atoms with van der Waals surface area (Å²) in [5.74, 6) is 0. The maximum absolute atomic E-state index is 4.24. The van der Waals surface area contributed by atoms with Crippen LogP contribution in [0.3, 0.4) is 0 Å². The predicted molar refractivity (Wildman–Crippen MR) is 62.9 cm³/mol. The summed E-state index contributed by atoms with van der Waals surface area (Å²) >= 11 is 0. The van der Waals surface area contributed by atoms with Crippen molar-refractivity contribution in [2.75, 3.05) is 19.6 Å². The van der Waals surface area contributed by atoms with Crippen molar-refractivity contribution in [3.63, 3.8) is 0 Å². The van der Waals surface area contributed by atoms with Crippen LogP contribution in [0, 0.1) is 0 Å². The number of nitrogens with zero attached hydrogens (tertiary/aromatic N) is 1. The van der Waals surface area contributed by atoms with Gasteiger partial charge in [-0.05, 0) is 25.9 Å². The molecule has 15 heavy (non-hydrogen) atoms. The van der Waals surface area contributed by atoms with Crippen molar-refractivity contribution in [1.82, 2.24) is 5.32 Å². The van der Waals surface area contributed by atoms with Gasteiger partial charge in [-0.25, -0.2) is 0 Å². The fourth-order valence-corrected chi connectivity index (χ4v) is 1.94. The normalized spacial score (nSPS) is 26.6. The van der Waals surface area contributed by atoms with Crippen LogP contribution in [0.5, 0.6) is 0 Å². The van der Waals surface area contributed by atoms with Crippen molar-refractivity contribution in [1.29, 1.82) is 0 Å². The van der Waals surface area contributed by atoms with Crippen LogP contribution in [-0.2, 0) is 0 Å². The molecule has 0 aromatic heterocycles. The van der Waals surface area contributed by atoms with Crippen LogP contribution in [0.1, 0.15) is 51.9 Å². The Hall–Kier alpha value is 0.517. The first-order chi connectivity index (χ1) is 6.89. The second-order valence-corrected chi connectivity index (χ2v) is 4.42. The molecule has 3 heteroatoms. The zero-order valence-corrected chi connectivity index (χ0v) is 10.6. The van der Waals surface area contributed by atoms with Crippen LogP contribution in [0.4, 0.5) is 0 Å². The Morgan fingerprint density at radius 2 is 1.53 bits per heavy atom. The molecule has 2 aliphatic rings. The van der Waals surface area contributed by atoms with Crippen LogP contribution in [0.2, 0.25) is 0 Å². The Bertz CT molecular complexity index is 101. The second kappa shape index (κ2) is 11.0. The largest absolute Gasteiger partial charge is 1.00 e. The quantitative estimate of drug-likeness (QED) is 0.556. The maximum Gasteiger partial charge on any atom is 1.00 e. The van der Waals surface area contributed by atoms with E-state index in [4.69, 9.17) is 0 Å². The second-order valence-electron chi connectivity index (χ2n) is 4.42. The molecule has 1 atom stereocenters. The van der Waals surface area contributed by atoms with Gasteiger partial charge in [-0.1, -0.05) is 39.0 Å². The topological polar surface area (TPSA) is 26.1 Å². The zero-order valence-electron chi connectivity index (χ0n) is 10.6. The van der Waals surface area contributed by atoms with Crippen molar-refractivity contribution in [2.45, 2.75) is 57.9 Å². The monoisotopic (exact) mass is 204 g/mol. The van der Waals surface area contributed by atoms with Gasteiger partial charge in [-0.2, -0.15) is 0 Å². The molecule has 0 aromatic rings. The molecule has 0 bridgehead atoms. The summed E-state index contributed by atoms with van der Waals surface area (Å²) < 4.78 is 0. The van der Waals surface area contributed by atoms with E-state index >= 15 is 0 Å². The SMILES string of the molecule is C1CCCNCCC1.CC1CCC[N-]1.[Li+]. The third-order valence-electron chi connectivity index (χ3n) is 2.93. The van der Waals surface area contributed by atoms with E-state index in [2.05, 4.69) is 17.6 Å². The third kappa shape index (κ3) is 9.45. The molecule has 2 heterocycles. The van der Waals surface area contributed by atoms with Gasteiger partial charge in [-0.15, -0.1) is 12.6 Å². The first-order valence-electron chi connectivity index (χ1n) is 6.27. The summed E-state index contributed by atoms with van der Waals surface area (Å²) in [6, 6.07) is 0.671. The molecular weight excluding hydrogens is 179 g/mol. The fraction of sp³-hybridized carbons (Fsp3) is 1.00. The molecule has 0 spiro atoms. The fourth-order valence-electron chi connectivity index (χ4n) is 1.94. The van der Waals surface area contributed by atoms with Gasteiger partial charge in [0.25, 0.3) is 0 Å². The smallest absolute Gasteiger partial charge is 0.660 e. The Morgan fingerprint density at radius 1 is 0.933 bits per heavy atom. The molecule has 2 saturated heterocycles. The molecule has 0 radical (unpaired) electrons. The van der Waals surface area contributed by atoms with Gasteiger partial charge >= 0.3 is 18.9 Å². The first kappa shape index (κ1) is 15.5. The minimum Gasteiger partial charge on any atom is -0.660 e. The van der Waals surface area contributed by atoms with E-state index < -0.39 is 0 Å². The summed E-state index contributed by atoms with van der Waals surface area (Å²) in [6.45, 7) is 5.79. The van der Waals surface area contributed by atoms with E-state index in [-0.39, 0.29) is 18.9 Å². The summed E-state index contributed by atoms with van der Waals surface area (Å²) in [6.07, 6.45) is 9.75. The molecule has 2 aliphatic heterocycles. The van der Waals surface area contributed by atoms with E-state index in [1.165, 1.54) is 58.0 Å². The molecule has 2 nitrogen and oxygen atoms in total. The van der Waals surface area contributed by atoms with Crippen LogP contribution < -0.4 is 24.2 Å². The molecule has 2 fully saturated rings. The maximum atomic E-state index is 4.24. The molecular formula is C12H25LiN2. The van der Waals surface area contributed by atoms with Gasteiger partial charge in [0.1, 0.15) is 0 Å². The molecule has 0 amide bonds. The van der Waals surface area contributed by atoms with Gasteiger partial charge < -0.3 is 10.6 Å². The van der Waals surface area contributed by atoms with E-state index in [1.807, 2.05) is 0 Å². The standard InChI is InChI=1S/C7H15N.C5H10N.Li/c1-2-4-6-8-7-5-3-1;1-5-3-2-4-6-5;/h8H,1-7H2;5H,2-4H2,1H3;/q;-1;+1. The van der Waals surface area contributed by atoms with E-state index in [0.29, 0.717) is 6.04 Å². The van der Waals surface area contributed by atoms with Crippen LogP contribution in [-0.4, -0.2) is 25.7 Å². The van der Waals surface area contributed by atoms with E-state index in [1.54, 1.807) is 0 Å². The molecule has 84 valence electrons. The minimum atomic E-state index is 0. The summed E-state index contributed by atoms with van der Waals surface area (Å²) in [5, 5.41) is 7.62. The Morgan fingerprint density at radius 3 is 1.93 bits per heavy atom. The van der Waals surface area contributed by atoms with E-state index in [9.17, 15) is 0 Å². The number of rotatable bonds is 0. The molecule has 2 rings (SSSR count). The predicted octanol–water partition coefficient (Wildman–Crippen LogP) is 0.0865. The summed E-state index contributed by atoms with van der Waals surface area (Å²) in [7, 11) is 0. The van der Waals surface area contributed by atoms with Gasteiger partial charge in [-0.3, -0.25) is 0 Å². The Kier molecular flexibility index (Phi) is 11.4. The average Bonchev–Trinajstić information content (AvgIpc) is 2.55. The summed E-state index contributed by atoms with van der Waals surface area (Å²) in [4.78, 5) is 0. The van der Waals surface area contributed by atoms with Crippen molar-refractivity contribution in [3.8, 4) is 0 Å². The van der Waals surface area contributed by atoms with Gasteiger partial charge in [0.15, 0.2) is 0 Å². The van der Waals surface area contributed by atoms with E-state index in [0.717, 1.165) is 6.54 Å². The first-order valence-corrected chi connectivity index (χ1v) is 6.27. The molecule has 1 unspecified atom stereocenters. The molecule has 0 aliphatic carbocycles. The number of nitrogens with one attached hydrogen (secondary N) is 1. The van der Waals surface area contributed by atoms with Crippen molar-refractivity contribution < 1.29 is 18.9 Å². The summed E-state index contributed by atoms with van der Waals surface area (Å²) in [5.41, 5.74) is 0. The van der Waals surface area contributed by atoms with Gasteiger partial charge in [0, 0.05) is 0 Å². The van der Waals surface area contributed by atoms with Gasteiger partial charge in [0.2, 0.25) is 0 Å². The molecule has 0 saturated carbocycles. The zero-order chi connectivity index (χ0) is 10.1. The van der Waals surface area contributed by atoms with Crippen molar-refractivity contribution in [3.05, 3.63) is 5.32 Å². The Balaban J connectivity index is 0.000000253. The number of hydrogen-bond acceptors (Lipinski definition) is 1. The van der Waals surface area contributed by atoms with Crippen LogP contribution in [0.15, 0.2) is 0 Å². The molecule has 0 aromatic carbocycles. The Labute approximate surface area is 107 Å². The van der Waals surface area contributed by atoms with Gasteiger partial charge in [0.05, 0.1) is 0 Å².